The van der Waals surface area contributed by atoms with Crippen LogP contribution < -0.4 is 10.5 Å². The van der Waals surface area contributed by atoms with Crippen LogP contribution in [0, 0.1) is 6.92 Å². The van der Waals surface area contributed by atoms with Crippen LogP contribution in [0.4, 0.5) is 0 Å². The van der Waals surface area contributed by atoms with E-state index in [-0.39, 0.29) is 0 Å². The van der Waals surface area contributed by atoms with Crippen LogP contribution in [0.1, 0.15) is 37.3 Å². The number of rotatable bonds is 5. The minimum Gasteiger partial charge on any atom is -0.493 e. The molecule has 0 saturated heterocycles. The molecule has 16 heavy (non-hydrogen) atoms. The van der Waals surface area contributed by atoms with E-state index in [9.17, 15) is 0 Å². The summed E-state index contributed by atoms with van der Waals surface area (Å²) in [6, 6.07) is 6.29. The first-order valence-corrected chi connectivity index (χ1v) is 5.93. The molecule has 0 fully saturated rings. The van der Waals surface area contributed by atoms with Crippen LogP contribution in [0.5, 0.6) is 5.75 Å². The van der Waals surface area contributed by atoms with Crippen molar-refractivity contribution in [1.82, 2.24) is 0 Å². The van der Waals surface area contributed by atoms with Crippen molar-refractivity contribution in [3.05, 3.63) is 29.3 Å². The lowest BCUT2D eigenvalue weighted by atomic mass is 10.0. The van der Waals surface area contributed by atoms with Gasteiger partial charge in [0, 0.05) is 6.42 Å². The molecule has 0 heterocycles. The number of aryl methyl sites for hydroxylation is 1. The van der Waals surface area contributed by atoms with Gasteiger partial charge in [0.05, 0.1) is 11.6 Å². The Kier molecular flexibility index (Phi) is 4.74. The first-order chi connectivity index (χ1) is 7.50. The number of benzene rings is 1. The van der Waals surface area contributed by atoms with Gasteiger partial charge in [-0.3, -0.25) is 0 Å². The number of thiocarbonyl (C=S) groups is 1. The fraction of sp³-hybridized carbons (Fsp3) is 0.462. The van der Waals surface area contributed by atoms with E-state index in [0.29, 0.717) is 23.9 Å². The zero-order chi connectivity index (χ0) is 12.1. The van der Waals surface area contributed by atoms with Crippen LogP contribution in [-0.2, 0) is 0 Å². The molecule has 1 aromatic rings. The lowest BCUT2D eigenvalue weighted by Gasteiger charge is -2.14. The van der Waals surface area contributed by atoms with Gasteiger partial charge < -0.3 is 10.5 Å². The minimum atomic E-state index is 0.459. The Labute approximate surface area is 103 Å². The summed E-state index contributed by atoms with van der Waals surface area (Å²) in [6.45, 7) is 6.93. The molecule has 1 aromatic carbocycles. The highest BCUT2D eigenvalue weighted by Crippen LogP contribution is 2.27. The molecule has 1 rings (SSSR count). The molecule has 0 aliphatic heterocycles. The van der Waals surface area contributed by atoms with Crippen LogP contribution in [0.15, 0.2) is 18.2 Å². The van der Waals surface area contributed by atoms with E-state index >= 15 is 0 Å². The standard InChI is InChI=1S/C13H19NOS/c1-9(2)11-5-4-10(3)8-12(11)15-7-6-13(14)16/h4-5,8-9H,6-7H2,1-3H3,(H2,14,16). The summed E-state index contributed by atoms with van der Waals surface area (Å²) in [5, 5.41) is 0. The summed E-state index contributed by atoms with van der Waals surface area (Å²) in [4.78, 5) is 0.499. The third-order valence-corrected chi connectivity index (χ3v) is 2.60. The predicted molar refractivity (Wildman–Crippen MR) is 72.2 cm³/mol. The highest BCUT2D eigenvalue weighted by atomic mass is 32.1. The van der Waals surface area contributed by atoms with Crippen LogP contribution >= 0.6 is 12.2 Å². The van der Waals surface area contributed by atoms with Crippen LogP contribution in [0.25, 0.3) is 0 Å². The molecule has 0 radical (unpaired) electrons. The molecule has 88 valence electrons. The Morgan fingerprint density at radius 3 is 2.69 bits per heavy atom. The molecule has 0 spiro atoms. The van der Waals surface area contributed by atoms with Gasteiger partial charge in [0.2, 0.25) is 0 Å². The van der Waals surface area contributed by atoms with Gasteiger partial charge >= 0.3 is 0 Å². The van der Waals surface area contributed by atoms with Gasteiger partial charge in [-0.25, -0.2) is 0 Å². The average molecular weight is 237 g/mol. The van der Waals surface area contributed by atoms with Crippen LogP contribution in [0.2, 0.25) is 0 Å². The molecule has 2 nitrogen and oxygen atoms in total. The second-order valence-corrected chi connectivity index (χ2v) is 4.79. The highest BCUT2D eigenvalue weighted by molar-refractivity contribution is 7.80. The molecule has 3 heteroatoms. The summed E-state index contributed by atoms with van der Waals surface area (Å²) in [6.07, 6.45) is 0.626. The first-order valence-electron chi connectivity index (χ1n) is 5.52. The molecular formula is C13H19NOS. The van der Waals surface area contributed by atoms with E-state index < -0.39 is 0 Å². The first kappa shape index (κ1) is 13.0. The average Bonchev–Trinajstić information content (AvgIpc) is 2.16. The van der Waals surface area contributed by atoms with E-state index in [2.05, 4.69) is 39.0 Å². The SMILES string of the molecule is Cc1ccc(C(C)C)c(OCCC(N)=S)c1. The topological polar surface area (TPSA) is 35.2 Å². The molecule has 0 aliphatic carbocycles. The largest absolute Gasteiger partial charge is 0.493 e. The third kappa shape index (κ3) is 3.81. The van der Waals surface area contributed by atoms with Crippen molar-refractivity contribution in [3.63, 3.8) is 0 Å². The summed E-state index contributed by atoms with van der Waals surface area (Å²) < 4.78 is 5.72. The molecule has 2 N–H and O–H groups in total. The smallest absolute Gasteiger partial charge is 0.123 e. The van der Waals surface area contributed by atoms with Crippen molar-refractivity contribution in [2.45, 2.75) is 33.1 Å². The molecule has 0 amide bonds. The summed E-state index contributed by atoms with van der Waals surface area (Å²) in [7, 11) is 0. The van der Waals surface area contributed by atoms with Crippen molar-refractivity contribution in [2.24, 2.45) is 5.73 Å². The van der Waals surface area contributed by atoms with E-state index in [0.717, 1.165) is 5.75 Å². The predicted octanol–water partition coefficient (Wildman–Crippen LogP) is 3.17. The number of hydrogen-bond acceptors (Lipinski definition) is 2. The molecule has 0 unspecified atom stereocenters. The molecular weight excluding hydrogens is 218 g/mol. The second-order valence-electron chi connectivity index (χ2n) is 4.26. The lowest BCUT2D eigenvalue weighted by molar-refractivity contribution is 0.324. The van der Waals surface area contributed by atoms with Crippen molar-refractivity contribution < 1.29 is 4.74 Å². The number of nitrogens with two attached hydrogens (primary N) is 1. The zero-order valence-electron chi connectivity index (χ0n) is 10.1. The Balaban J connectivity index is 2.76. The third-order valence-electron chi connectivity index (χ3n) is 2.40. The van der Waals surface area contributed by atoms with Crippen molar-refractivity contribution in [1.29, 1.82) is 0 Å². The van der Waals surface area contributed by atoms with E-state index in [1.165, 1.54) is 11.1 Å². The maximum Gasteiger partial charge on any atom is 0.123 e. The number of ether oxygens (including phenoxy) is 1. The van der Waals surface area contributed by atoms with Gasteiger partial charge in [0.25, 0.3) is 0 Å². The van der Waals surface area contributed by atoms with E-state index in [1.54, 1.807) is 0 Å². The van der Waals surface area contributed by atoms with E-state index in [4.69, 9.17) is 22.7 Å². The van der Waals surface area contributed by atoms with Gasteiger partial charge in [-0.05, 0) is 30.0 Å². The second kappa shape index (κ2) is 5.85. The maximum absolute atomic E-state index is 5.72. The molecule has 0 aliphatic rings. The normalized spacial score (nSPS) is 10.5. The molecule has 0 atom stereocenters. The number of hydrogen-bond donors (Lipinski definition) is 1. The van der Waals surface area contributed by atoms with E-state index in [1.807, 2.05) is 0 Å². The Hall–Kier alpha value is -1.09. The van der Waals surface area contributed by atoms with Crippen molar-refractivity contribution in [2.75, 3.05) is 6.61 Å². The van der Waals surface area contributed by atoms with Crippen LogP contribution in [-0.4, -0.2) is 11.6 Å². The Morgan fingerprint density at radius 1 is 1.44 bits per heavy atom. The fourth-order valence-electron chi connectivity index (χ4n) is 1.51. The highest BCUT2D eigenvalue weighted by Gasteiger charge is 2.07. The van der Waals surface area contributed by atoms with Crippen LogP contribution in [0.3, 0.4) is 0 Å². The monoisotopic (exact) mass is 237 g/mol. The van der Waals surface area contributed by atoms with Crippen molar-refractivity contribution >= 4 is 17.2 Å². The lowest BCUT2D eigenvalue weighted by Crippen LogP contribution is -2.13. The molecule has 0 aromatic heterocycles. The quantitative estimate of drug-likeness (QED) is 0.799. The molecule has 0 bridgehead atoms. The maximum atomic E-state index is 5.72. The minimum absolute atomic E-state index is 0.459. The summed E-state index contributed by atoms with van der Waals surface area (Å²) in [5.41, 5.74) is 7.87. The van der Waals surface area contributed by atoms with Gasteiger partial charge in [-0.15, -0.1) is 0 Å². The van der Waals surface area contributed by atoms with Gasteiger partial charge in [0.1, 0.15) is 5.75 Å². The van der Waals surface area contributed by atoms with Crippen molar-refractivity contribution in [3.8, 4) is 5.75 Å². The fourth-order valence-corrected chi connectivity index (χ4v) is 1.59. The summed E-state index contributed by atoms with van der Waals surface area (Å²) >= 11 is 4.82. The Bertz CT molecular complexity index is 374. The van der Waals surface area contributed by atoms with Gasteiger partial charge in [-0.2, -0.15) is 0 Å². The van der Waals surface area contributed by atoms with Gasteiger partial charge in [-0.1, -0.05) is 38.2 Å². The zero-order valence-corrected chi connectivity index (χ0v) is 10.9. The Morgan fingerprint density at radius 2 is 2.12 bits per heavy atom. The van der Waals surface area contributed by atoms with Gasteiger partial charge in [0.15, 0.2) is 0 Å². The molecule has 0 saturated carbocycles. The summed E-state index contributed by atoms with van der Waals surface area (Å²) in [5.74, 6) is 1.41.